The first-order valence-corrected chi connectivity index (χ1v) is 9.90. The summed E-state index contributed by atoms with van der Waals surface area (Å²) < 4.78 is 0. The maximum absolute atomic E-state index is 6.08. The fourth-order valence-corrected chi connectivity index (χ4v) is 4.23. The monoisotopic (exact) mass is 385 g/mol. The van der Waals surface area contributed by atoms with Gasteiger partial charge in [-0.15, -0.1) is 0 Å². The molecule has 1 aliphatic rings. The molecule has 0 spiro atoms. The van der Waals surface area contributed by atoms with E-state index in [-0.39, 0.29) is 6.04 Å². The Labute approximate surface area is 171 Å². The molecule has 1 N–H and O–H groups in total. The Morgan fingerprint density at radius 1 is 0.786 bits per heavy atom. The zero-order valence-electron chi connectivity index (χ0n) is 16.0. The fourth-order valence-electron chi connectivity index (χ4n) is 3.65. The summed E-state index contributed by atoms with van der Waals surface area (Å²) in [7, 11) is 0. The van der Waals surface area contributed by atoms with E-state index < -0.39 is 5.54 Å². The Hall–Kier alpha value is -2.98. The van der Waals surface area contributed by atoms with Crippen LogP contribution in [0.25, 0.3) is 0 Å². The van der Waals surface area contributed by atoms with Crippen LogP contribution in [0.5, 0.6) is 0 Å². The van der Waals surface area contributed by atoms with Gasteiger partial charge in [-0.1, -0.05) is 91.1 Å². The molecule has 0 fully saturated rings. The van der Waals surface area contributed by atoms with Crippen molar-refractivity contribution < 1.29 is 0 Å². The van der Waals surface area contributed by atoms with Gasteiger partial charge in [-0.2, -0.15) is 0 Å². The van der Waals surface area contributed by atoms with Crippen molar-refractivity contribution in [2.24, 2.45) is 4.99 Å². The van der Waals surface area contributed by atoms with Crippen molar-refractivity contribution in [3.63, 3.8) is 0 Å². The molecule has 0 aromatic heterocycles. The van der Waals surface area contributed by atoms with E-state index >= 15 is 0 Å². The standard InChI is InChI=1S/C24H23N3S/c1-18(2)27-22(28)24(19-12-6-3-7-13-19,20-14-8-4-9-15-20)26-23(27)25-21-16-10-5-11-17-21/h3-18H,1-2H3,(H,25,26). The van der Waals surface area contributed by atoms with Gasteiger partial charge in [0.15, 0.2) is 5.54 Å². The van der Waals surface area contributed by atoms with Crippen LogP contribution in [0.3, 0.4) is 0 Å². The van der Waals surface area contributed by atoms with Crippen LogP contribution >= 0.6 is 12.2 Å². The van der Waals surface area contributed by atoms with Crippen LogP contribution in [0.2, 0.25) is 0 Å². The molecule has 0 saturated carbocycles. The van der Waals surface area contributed by atoms with Crippen molar-refractivity contribution in [2.75, 3.05) is 5.32 Å². The minimum absolute atomic E-state index is 0.178. The summed E-state index contributed by atoms with van der Waals surface area (Å²) in [6, 6.07) is 30.9. The normalized spacial score (nSPS) is 15.6. The van der Waals surface area contributed by atoms with Gasteiger partial charge in [0.2, 0.25) is 5.96 Å². The Kier molecular flexibility index (Phi) is 4.97. The van der Waals surface area contributed by atoms with E-state index in [1.54, 1.807) is 0 Å². The third kappa shape index (κ3) is 3.10. The molecule has 28 heavy (non-hydrogen) atoms. The lowest BCUT2D eigenvalue weighted by Gasteiger charge is -2.32. The lowest BCUT2D eigenvalue weighted by molar-refractivity contribution is 0.503. The topological polar surface area (TPSA) is 27.6 Å². The second-order valence-corrected chi connectivity index (χ2v) is 7.52. The van der Waals surface area contributed by atoms with Gasteiger partial charge in [-0.05, 0) is 37.1 Å². The van der Waals surface area contributed by atoms with E-state index in [0.717, 1.165) is 27.8 Å². The predicted octanol–water partition coefficient (Wildman–Crippen LogP) is 5.45. The molecule has 0 aliphatic carbocycles. The van der Waals surface area contributed by atoms with Crippen LogP contribution in [0.15, 0.2) is 96.0 Å². The van der Waals surface area contributed by atoms with Crippen molar-refractivity contribution in [1.82, 2.24) is 4.90 Å². The molecule has 3 nitrogen and oxygen atoms in total. The summed E-state index contributed by atoms with van der Waals surface area (Å²) in [5.74, 6) is 0.777. The van der Waals surface area contributed by atoms with Crippen molar-refractivity contribution in [1.29, 1.82) is 0 Å². The maximum atomic E-state index is 6.08. The van der Waals surface area contributed by atoms with Crippen molar-refractivity contribution in [3.05, 3.63) is 102 Å². The number of nitrogens with one attached hydrogen (secondary N) is 1. The van der Waals surface area contributed by atoms with Gasteiger partial charge in [0.25, 0.3) is 0 Å². The number of guanidine groups is 1. The van der Waals surface area contributed by atoms with Gasteiger partial charge < -0.3 is 10.2 Å². The first-order chi connectivity index (χ1) is 13.6. The van der Waals surface area contributed by atoms with Gasteiger partial charge in [-0.3, -0.25) is 0 Å². The molecular weight excluding hydrogens is 362 g/mol. The lowest BCUT2D eigenvalue weighted by Crippen LogP contribution is -2.45. The molecule has 4 heteroatoms. The number of para-hydroxylation sites is 1. The van der Waals surface area contributed by atoms with Gasteiger partial charge in [0.05, 0.1) is 0 Å². The van der Waals surface area contributed by atoms with Crippen molar-refractivity contribution >= 4 is 28.9 Å². The SMILES string of the molecule is CC(C)N1C(=S)C(c2ccccc2)(c2ccccc2)N=C1Nc1ccccc1. The van der Waals surface area contributed by atoms with Gasteiger partial charge in [0.1, 0.15) is 4.99 Å². The van der Waals surface area contributed by atoms with Crippen molar-refractivity contribution in [2.45, 2.75) is 25.4 Å². The number of thiocarbonyl (C=S) groups is 1. The third-order valence-electron chi connectivity index (χ3n) is 4.96. The summed E-state index contributed by atoms with van der Waals surface area (Å²) in [4.78, 5) is 8.15. The molecule has 3 aromatic carbocycles. The molecule has 0 amide bonds. The van der Waals surface area contributed by atoms with E-state index in [1.165, 1.54) is 0 Å². The van der Waals surface area contributed by atoms with E-state index in [9.17, 15) is 0 Å². The van der Waals surface area contributed by atoms with Gasteiger partial charge in [-0.25, -0.2) is 4.99 Å². The van der Waals surface area contributed by atoms with Gasteiger partial charge in [0, 0.05) is 11.7 Å². The highest BCUT2D eigenvalue weighted by atomic mass is 32.1. The smallest absolute Gasteiger partial charge is 0.205 e. The minimum Gasteiger partial charge on any atom is -0.326 e. The van der Waals surface area contributed by atoms with E-state index in [2.05, 4.69) is 48.3 Å². The molecule has 0 radical (unpaired) electrons. The van der Waals surface area contributed by atoms with Crippen LogP contribution in [0.1, 0.15) is 25.0 Å². The minimum atomic E-state index is -0.723. The highest BCUT2D eigenvalue weighted by Gasteiger charge is 2.48. The zero-order valence-corrected chi connectivity index (χ0v) is 16.9. The highest BCUT2D eigenvalue weighted by molar-refractivity contribution is 7.80. The first kappa shape index (κ1) is 18.4. The van der Waals surface area contributed by atoms with E-state index in [0.29, 0.717) is 0 Å². The van der Waals surface area contributed by atoms with E-state index in [1.807, 2.05) is 66.7 Å². The quantitative estimate of drug-likeness (QED) is 0.605. The summed E-state index contributed by atoms with van der Waals surface area (Å²) in [6.45, 7) is 4.28. The van der Waals surface area contributed by atoms with E-state index in [4.69, 9.17) is 17.2 Å². The molecule has 140 valence electrons. The Morgan fingerprint density at radius 3 is 1.71 bits per heavy atom. The molecule has 4 rings (SSSR count). The Morgan fingerprint density at radius 2 is 1.25 bits per heavy atom. The largest absolute Gasteiger partial charge is 0.326 e. The molecule has 0 unspecified atom stereocenters. The summed E-state index contributed by atoms with van der Waals surface area (Å²) in [5.41, 5.74) is 2.41. The average Bonchev–Trinajstić information content (AvgIpc) is 3.03. The molecule has 0 atom stereocenters. The molecule has 1 aliphatic heterocycles. The number of benzene rings is 3. The third-order valence-corrected chi connectivity index (χ3v) is 5.45. The first-order valence-electron chi connectivity index (χ1n) is 9.49. The number of rotatable bonds is 4. The predicted molar refractivity (Wildman–Crippen MR) is 121 cm³/mol. The summed E-state index contributed by atoms with van der Waals surface area (Å²) in [5, 5.41) is 3.49. The molecule has 1 heterocycles. The molecule has 3 aromatic rings. The maximum Gasteiger partial charge on any atom is 0.205 e. The van der Waals surface area contributed by atoms with Crippen LogP contribution in [-0.4, -0.2) is 21.9 Å². The second kappa shape index (κ2) is 7.56. The lowest BCUT2D eigenvalue weighted by atomic mass is 9.83. The van der Waals surface area contributed by atoms with Crippen LogP contribution < -0.4 is 5.32 Å². The number of aliphatic imine (C=N–C) groups is 1. The van der Waals surface area contributed by atoms with Crippen molar-refractivity contribution in [3.8, 4) is 0 Å². The Bertz CT molecular complexity index is 943. The summed E-state index contributed by atoms with van der Waals surface area (Å²) in [6.07, 6.45) is 0. The van der Waals surface area contributed by atoms with Gasteiger partial charge >= 0.3 is 0 Å². The van der Waals surface area contributed by atoms with Crippen LogP contribution in [0, 0.1) is 0 Å². The number of nitrogens with zero attached hydrogens (tertiary/aromatic N) is 2. The summed E-state index contributed by atoms with van der Waals surface area (Å²) >= 11 is 6.08. The molecular formula is C24H23N3S. The van der Waals surface area contributed by atoms with Crippen LogP contribution in [-0.2, 0) is 5.54 Å². The number of hydrogen-bond acceptors (Lipinski definition) is 3. The highest BCUT2D eigenvalue weighted by Crippen LogP contribution is 2.41. The zero-order chi connectivity index (χ0) is 19.6. The fraction of sp³-hybridized carbons (Fsp3) is 0.167. The average molecular weight is 386 g/mol. The second-order valence-electron chi connectivity index (χ2n) is 7.14. The number of anilines is 1. The van der Waals surface area contributed by atoms with Crippen LogP contribution in [0.4, 0.5) is 5.69 Å². The Balaban J connectivity index is 1.91. The molecule has 0 saturated heterocycles. The number of hydrogen-bond donors (Lipinski definition) is 1. The molecule has 0 bridgehead atoms.